The second kappa shape index (κ2) is 6.54. The molecule has 2 amide bonds. The number of furan rings is 1. The number of benzene rings is 3. The Labute approximate surface area is 180 Å². The van der Waals surface area contributed by atoms with Crippen LogP contribution in [0.1, 0.15) is 0 Å². The number of hydrogen-bond acceptors (Lipinski definition) is 4. The van der Waals surface area contributed by atoms with E-state index in [0.29, 0.717) is 13.2 Å². The molecule has 4 aromatic rings. The summed E-state index contributed by atoms with van der Waals surface area (Å²) in [5, 5.41) is 2.21. The Morgan fingerprint density at radius 2 is 1.55 bits per heavy atom. The Bertz CT molecular complexity index is 1360. The molecule has 3 heterocycles. The Kier molecular flexibility index (Phi) is 3.77. The maximum Gasteiger partial charge on any atom is 0.325 e. The van der Waals surface area contributed by atoms with E-state index in [9.17, 15) is 4.79 Å². The van der Waals surface area contributed by atoms with E-state index in [2.05, 4.69) is 46.2 Å². The van der Waals surface area contributed by atoms with E-state index in [1.165, 1.54) is 0 Å². The maximum atomic E-state index is 12.8. The Morgan fingerprint density at radius 3 is 2.39 bits per heavy atom. The SMILES string of the molecule is CN1CC2=C(N(C)C1=O)N(c1ccccc1)CN2c1cccc2c1oc1ccccc12. The van der Waals surface area contributed by atoms with Gasteiger partial charge in [-0.3, -0.25) is 4.90 Å². The molecule has 1 aromatic heterocycles. The molecule has 2 aliphatic heterocycles. The highest BCUT2D eigenvalue weighted by Gasteiger charge is 2.40. The maximum absolute atomic E-state index is 12.8. The lowest BCUT2D eigenvalue weighted by molar-refractivity contribution is 0.180. The number of carbonyl (C=O) groups is 1. The minimum Gasteiger partial charge on any atom is -0.454 e. The van der Waals surface area contributed by atoms with Gasteiger partial charge in [0.25, 0.3) is 0 Å². The van der Waals surface area contributed by atoms with Crippen LogP contribution in [-0.2, 0) is 0 Å². The van der Waals surface area contributed by atoms with Gasteiger partial charge in [0.15, 0.2) is 5.58 Å². The van der Waals surface area contributed by atoms with Gasteiger partial charge in [0.1, 0.15) is 18.1 Å². The molecule has 0 spiro atoms. The fourth-order valence-electron chi connectivity index (χ4n) is 4.72. The van der Waals surface area contributed by atoms with E-state index in [1.807, 2.05) is 50.5 Å². The number of anilines is 2. The zero-order chi connectivity index (χ0) is 21.1. The van der Waals surface area contributed by atoms with E-state index < -0.39 is 0 Å². The third-order valence-corrected chi connectivity index (χ3v) is 6.18. The van der Waals surface area contributed by atoms with Crippen molar-refractivity contribution in [3.8, 4) is 0 Å². The smallest absolute Gasteiger partial charge is 0.325 e. The lowest BCUT2D eigenvalue weighted by atomic mass is 10.1. The summed E-state index contributed by atoms with van der Waals surface area (Å²) in [4.78, 5) is 20.7. The summed E-state index contributed by atoms with van der Waals surface area (Å²) in [5.74, 6) is 0.919. The van der Waals surface area contributed by atoms with Gasteiger partial charge in [0, 0.05) is 30.6 Å². The quantitative estimate of drug-likeness (QED) is 0.465. The minimum atomic E-state index is -0.0107. The van der Waals surface area contributed by atoms with Gasteiger partial charge >= 0.3 is 6.03 Å². The summed E-state index contributed by atoms with van der Waals surface area (Å²) in [6.45, 7) is 1.15. The van der Waals surface area contributed by atoms with Crippen LogP contribution in [-0.4, -0.2) is 43.1 Å². The minimum absolute atomic E-state index is 0.0107. The predicted octanol–water partition coefficient (Wildman–Crippen LogP) is 5.04. The van der Waals surface area contributed by atoms with Crippen molar-refractivity contribution in [1.29, 1.82) is 0 Å². The second-order valence-electron chi connectivity index (χ2n) is 8.05. The monoisotopic (exact) mass is 410 g/mol. The summed E-state index contributed by atoms with van der Waals surface area (Å²) in [6.07, 6.45) is 0. The average molecular weight is 410 g/mol. The first-order valence-electron chi connectivity index (χ1n) is 10.4. The summed E-state index contributed by atoms with van der Waals surface area (Å²) in [5.41, 5.74) is 4.90. The van der Waals surface area contributed by atoms with Crippen molar-refractivity contribution in [2.24, 2.45) is 0 Å². The van der Waals surface area contributed by atoms with Crippen molar-refractivity contribution in [3.05, 3.63) is 84.3 Å². The first kappa shape index (κ1) is 17.9. The molecule has 0 saturated carbocycles. The molecule has 6 rings (SSSR count). The normalized spacial score (nSPS) is 16.8. The van der Waals surface area contributed by atoms with Gasteiger partial charge in [-0.05, 0) is 24.3 Å². The van der Waals surface area contributed by atoms with Crippen molar-refractivity contribution < 1.29 is 9.21 Å². The Hall–Kier alpha value is -3.93. The average Bonchev–Trinajstić information content (AvgIpc) is 3.37. The van der Waals surface area contributed by atoms with Crippen LogP contribution >= 0.6 is 0 Å². The summed E-state index contributed by atoms with van der Waals surface area (Å²) in [6, 6.07) is 24.6. The molecule has 0 bridgehead atoms. The van der Waals surface area contributed by atoms with Gasteiger partial charge < -0.3 is 19.1 Å². The van der Waals surface area contributed by atoms with Gasteiger partial charge in [-0.25, -0.2) is 4.79 Å². The van der Waals surface area contributed by atoms with Crippen molar-refractivity contribution >= 4 is 39.3 Å². The molecule has 6 heteroatoms. The standard InChI is InChI=1S/C25H22N4O2/c1-26-15-21-24(27(2)25(26)30)28(17-9-4-3-5-10-17)16-29(21)20-13-8-12-19-18-11-6-7-14-22(18)31-23(19)20/h3-14H,15-16H2,1-2H3. The van der Waals surface area contributed by atoms with Crippen LogP contribution in [0.25, 0.3) is 21.9 Å². The van der Waals surface area contributed by atoms with Crippen molar-refractivity contribution in [3.63, 3.8) is 0 Å². The Balaban J connectivity index is 1.56. The Morgan fingerprint density at radius 1 is 0.806 bits per heavy atom. The summed E-state index contributed by atoms with van der Waals surface area (Å²) >= 11 is 0. The number of nitrogens with zero attached hydrogens (tertiary/aromatic N) is 4. The number of carbonyl (C=O) groups excluding carboxylic acids is 1. The fraction of sp³-hybridized carbons (Fsp3) is 0.160. The molecular weight excluding hydrogens is 388 g/mol. The van der Waals surface area contributed by atoms with E-state index in [-0.39, 0.29) is 6.03 Å². The zero-order valence-electron chi connectivity index (χ0n) is 17.4. The number of rotatable bonds is 2. The van der Waals surface area contributed by atoms with Crippen LogP contribution in [0.3, 0.4) is 0 Å². The van der Waals surface area contributed by atoms with Crippen LogP contribution in [0.15, 0.2) is 88.7 Å². The molecule has 3 aromatic carbocycles. The third-order valence-electron chi connectivity index (χ3n) is 6.18. The fourth-order valence-corrected chi connectivity index (χ4v) is 4.72. The van der Waals surface area contributed by atoms with E-state index in [4.69, 9.17) is 4.42 Å². The number of likely N-dealkylation sites (N-methyl/N-ethyl adjacent to an activating group) is 1. The lowest BCUT2D eigenvalue weighted by Gasteiger charge is -2.35. The van der Waals surface area contributed by atoms with Crippen LogP contribution < -0.4 is 9.80 Å². The lowest BCUT2D eigenvalue weighted by Crippen LogP contribution is -2.47. The molecule has 0 atom stereocenters. The highest BCUT2D eigenvalue weighted by atomic mass is 16.3. The topological polar surface area (TPSA) is 43.2 Å². The van der Waals surface area contributed by atoms with Crippen molar-refractivity contribution in [2.45, 2.75) is 0 Å². The molecule has 2 aliphatic rings. The van der Waals surface area contributed by atoms with E-state index >= 15 is 0 Å². The zero-order valence-corrected chi connectivity index (χ0v) is 17.4. The molecule has 0 saturated heterocycles. The van der Waals surface area contributed by atoms with Gasteiger partial charge in [0.05, 0.1) is 17.9 Å². The number of para-hydroxylation sites is 3. The molecule has 0 unspecified atom stereocenters. The first-order chi connectivity index (χ1) is 15.1. The van der Waals surface area contributed by atoms with Crippen LogP contribution in [0, 0.1) is 0 Å². The molecule has 154 valence electrons. The highest BCUT2D eigenvalue weighted by Crippen LogP contribution is 2.41. The van der Waals surface area contributed by atoms with Gasteiger partial charge in [0.2, 0.25) is 0 Å². The van der Waals surface area contributed by atoms with Crippen molar-refractivity contribution in [2.75, 3.05) is 37.1 Å². The first-order valence-corrected chi connectivity index (χ1v) is 10.4. The van der Waals surface area contributed by atoms with Crippen LogP contribution in [0.5, 0.6) is 0 Å². The van der Waals surface area contributed by atoms with Crippen LogP contribution in [0.2, 0.25) is 0 Å². The molecule has 0 N–H and O–H groups in total. The summed E-state index contributed by atoms with van der Waals surface area (Å²) < 4.78 is 6.31. The number of hydrogen-bond donors (Lipinski definition) is 0. The molecule has 0 radical (unpaired) electrons. The molecule has 6 nitrogen and oxygen atoms in total. The van der Waals surface area contributed by atoms with E-state index in [1.54, 1.807) is 9.80 Å². The third kappa shape index (κ3) is 2.54. The molecular formula is C25H22N4O2. The molecule has 0 aliphatic carbocycles. The van der Waals surface area contributed by atoms with Gasteiger partial charge in [-0.2, -0.15) is 0 Å². The van der Waals surface area contributed by atoms with Crippen molar-refractivity contribution in [1.82, 2.24) is 9.80 Å². The molecule has 0 fully saturated rings. The highest BCUT2D eigenvalue weighted by molar-refractivity contribution is 6.09. The largest absolute Gasteiger partial charge is 0.454 e. The second-order valence-corrected chi connectivity index (χ2v) is 8.05. The van der Waals surface area contributed by atoms with E-state index in [0.717, 1.165) is 44.8 Å². The number of amides is 2. The predicted molar refractivity (Wildman–Crippen MR) is 123 cm³/mol. The number of urea groups is 1. The number of fused-ring (bicyclic) bond motifs is 3. The van der Waals surface area contributed by atoms with Gasteiger partial charge in [-0.15, -0.1) is 0 Å². The summed E-state index contributed by atoms with van der Waals surface area (Å²) in [7, 11) is 3.68. The van der Waals surface area contributed by atoms with Crippen LogP contribution in [0.4, 0.5) is 16.2 Å². The van der Waals surface area contributed by atoms with Gasteiger partial charge in [-0.1, -0.05) is 48.5 Å². The molecule has 31 heavy (non-hydrogen) atoms.